The van der Waals surface area contributed by atoms with Crippen molar-refractivity contribution < 1.29 is 10.2 Å². The highest BCUT2D eigenvalue weighted by molar-refractivity contribution is 5.26. The Morgan fingerprint density at radius 2 is 1.89 bits per heavy atom. The number of benzene rings is 1. The lowest BCUT2D eigenvalue weighted by molar-refractivity contribution is 0.0946. The van der Waals surface area contributed by atoms with Crippen LogP contribution in [0.3, 0.4) is 0 Å². The van der Waals surface area contributed by atoms with Gasteiger partial charge in [-0.3, -0.25) is 0 Å². The number of rotatable bonds is 4. The molecule has 2 aromatic rings. The number of hydrogen-bond donors (Lipinski definition) is 2. The van der Waals surface area contributed by atoms with Gasteiger partial charge in [0.15, 0.2) is 0 Å². The van der Waals surface area contributed by atoms with E-state index in [4.69, 9.17) is 4.98 Å². The van der Waals surface area contributed by atoms with Crippen molar-refractivity contribution in [3.8, 4) is 0 Å². The molecule has 2 aliphatic rings. The molecule has 4 rings (SSSR count). The van der Waals surface area contributed by atoms with Gasteiger partial charge in [0, 0.05) is 24.2 Å². The van der Waals surface area contributed by atoms with Crippen LogP contribution in [0.5, 0.6) is 0 Å². The molecular weight excluding hydrogens is 350 g/mol. The van der Waals surface area contributed by atoms with Crippen LogP contribution < -0.4 is 0 Å². The van der Waals surface area contributed by atoms with E-state index in [0.29, 0.717) is 12.5 Å². The van der Waals surface area contributed by atoms with Crippen molar-refractivity contribution in [1.29, 1.82) is 0 Å². The second-order valence-electron chi connectivity index (χ2n) is 9.19. The van der Waals surface area contributed by atoms with Crippen LogP contribution in [0.15, 0.2) is 36.5 Å². The van der Waals surface area contributed by atoms with E-state index >= 15 is 0 Å². The molecule has 0 unspecified atom stereocenters. The predicted octanol–water partition coefficient (Wildman–Crippen LogP) is 3.40. The molecule has 28 heavy (non-hydrogen) atoms. The van der Waals surface area contributed by atoms with E-state index in [2.05, 4.69) is 23.7 Å². The van der Waals surface area contributed by atoms with Gasteiger partial charge < -0.3 is 15.1 Å². The molecule has 5 heteroatoms. The normalized spacial score (nSPS) is 23.9. The third-order valence-electron chi connectivity index (χ3n) is 6.24. The summed E-state index contributed by atoms with van der Waals surface area (Å²) in [5, 5.41) is 20.9. The number of aromatic nitrogens is 2. The molecule has 0 amide bonds. The summed E-state index contributed by atoms with van der Waals surface area (Å²) in [6.07, 6.45) is 4.64. The smallest absolute Gasteiger partial charge is 0.131 e. The lowest BCUT2D eigenvalue weighted by Crippen LogP contribution is -2.36. The molecule has 2 heterocycles. The molecule has 1 saturated heterocycles. The number of nitrogens with zero attached hydrogens (tertiary/aromatic N) is 3. The van der Waals surface area contributed by atoms with Crippen molar-refractivity contribution >= 4 is 0 Å². The van der Waals surface area contributed by atoms with Crippen LogP contribution in [0.25, 0.3) is 0 Å². The van der Waals surface area contributed by atoms with Gasteiger partial charge in [-0.2, -0.15) is 0 Å². The quantitative estimate of drug-likeness (QED) is 0.850. The van der Waals surface area contributed by atoms with Crippen molar-refractivity contribution in [1.82, 2.24) is 14.9 Å². The first-order valence-electron chi connectivity index (χ1n) is 10.4. The Labute approximate surface area is 167 Å². The SMILES string of the molecule is CC1(C)Cc2nc(C3CCN(C[C@@H](O)c4ccccc4)CC3)ncc2[C@H](O)C1. The Balaban J connectivity index is 1.38. The van der Waals surface area contributed by atoms with Gasteiger partial charge in [0.1, 0.15) is 5.82 Å². The van der Waals surface area contributed by atoms with Gasteiger partial charge in [0.05, 0.1) is 17.9 Å². The Bertz CT molecular complexity index is 801. The van der Waals surface area contributed by atoms with Gasteiger partial charge in [0.25, 0.3) is 0 Å². The second kappa shape index (κ2) is 7.90. The van der Waals surface area contributed by atoms with Crippen molar-refractivity contribution in [2.75, 3.05) is 19.6 Å². The molecule has 5 nitrogen and oxygen atoms in total. The van der Waals surface area contributed by atoms with Crippen molar-refractivity contribution in [2.24, 2.45) is 5.41 Å². The highest BCUT2D eigenvalue weighted by Crippen LogP contribution is 2.40. The summed E-state index contributed by atoms with van der Waals surface area (Å²) in [6.45, 7) is 6.95. The molecule has 2 N–H and O–H groups in total. The van der Waals surface area contributed by atoms with Crippen LogP contribution in [-0.4, -0.2) is 44.7 Å². The number of hydrogen-bond acceptors (Lipinski definition) is 5. The first kappa shape index (κ1) is 19.5. The van der Waals surface area contributed by atoms with Crippen LogP contribution in [0.4, 0.5) is 0 Å². The fraction of sp³-hybridized carbons (Fsp3) is 0.565. The van der Waals surface area contributed by atoms with Crippen LogP contribution in [0.1, 0.15) is 73.9 Å². The Morgan fingerprint density at radius 1 is 1.18 bits per heavy atom. The number of aliphatic hydroxyl groups is 2. The maximum absolute atomic E-state index is 10.5. The summed E-state index contributed by atoms with van der Waals surface area (Å²) in [6, 6.07) is 9.87. The molecular formula is C23H31N3O2. The number of aliphatic hydroxyl groups excluding tert-OH is 2. The Kier molecular flexibility index (Phi) is 5.50. The molecule has 1 aliphatic carbocycles. The number of fused-ring (bicyclic) bond motifs is 1. The summed E-state index contributed by atoms with van der Waals surface area (Å²) < 4.78 is 0. The van der Waals surface area contributed by atoms with Gasteiger partial charge in [-0.05, 0) is 49.8 Å². The highest BCUT2D eigenvalue weighted by atomic mass is 16.3. The number of β-amino-alcohol motifs (C(OH)–C–C–N with tert-alkyl or cyclic N) is 1. The van der Waals surface area contributed by atoms with Crippen LogP contribution >= 0.6 is 0 Å². The fourth-order valence-electron chi connectivity index (χ4n) is 4.62. The minimum atomic E-state index is -0.450. The van der Waals surface area contributed by atoms with Gasteiger partial charge >= 0.3 is 0 Å². The Hall–Kier alpha value is -1.82. The highest BCUT2D eigenvalue weighted by Gasteiger charge is 2.33. The predicted molar refractivity (Wildman–Crippen MR) is 109 cm³/mol. The maximum Gasteiger partial charge on any atom is 0.131 e. The minimum Gasteiger partial charge on any atom is -0.388 e. The monoisotopic (exact) mass is 381 g/mol. The summed E-state index contributed by atoms with van der Waals surface area (Å²) in [5.41, 5.74) is 2.99. The van der Waals surface area contributed by atoms with E-state index in [-0.39, 0.29) is 5.41 Å². The van der Waals surface area contributed by atoms with Crippen molar-refractivity contribution in [3.05, 3.63) is 59.2 Å². The van der Waals surface area contributed by atoms with E-state index < -0.39 is 12.2 Å². The summed E-state index contributed by atoms with van der Waals surface area (Å²) in [7, 11) is 0. The van der Waals surface area contributed by atoms with E-state index in [1.54, 1.807) is 0 Å². The van der Waals surface area contributed by atoms with Crippen LogP contribution in [0, 0.1) is 5.41 Å². The van der Waals surface area contributed by atoms with Crippen molar-refractivity contribution in [2.45, 2.75) is 57.7 Å². The second-order valence-corrected chi connectivity index (χ2v) is 9.19. The van der Waals surface area contributed by atoms with Gasteiger partial charge in [-0.25, -0.2) is 9.97 Å². The van der Waals surface area contributed by atoms with E-state index in [0.717, 1.165) is 61.4 Å². The molecule has 2 atom stereocenters. The van der Waals surface area contributed by atoms with Crippen LogP contribution in [-0.2, 0) is 6.42 Å². The molecule has 0 spiro atoms. The zero-order chi connectivity index (χ0) is 19.7. The Morgan fingerprint density at radius 3 is 2.61 bits per heavy atom. The lowest BCUT2D eigenvalue weighted by atomic mass is 9.75. The molecule has 1 aliphatic heterocycles. The average molecular weight is 382 g/mol. The zero-order valence-electron chi connectivity index (χ0n) is 16.9. The van der Waals surface area contributed by atoms with Gasteiger partial charge in [0.2, 0.25) is 0 Å². The molecule has 1 aromatic carbocycles. The molecule has 0 bridgehead atoms. The first-order chi connectivity index (χ1) is 13.4. The summed E-state index contributed by atoms with van der Waals surface area (Å²) in [5.74, 6) is 1.28. The number of piperidine rings is 1. The van der Waals surface area contributed by atoms with E-state index in [1.165, 1.54) is 0 Å². The third-order valence-corrected chi connectivity index (χ3v) is 6.24. The van der Waals surface area contributed by atoms with Gasteiger partial charge in [-0.1, -0.05) is 44.2 Å². The largest absolute Gasteiger partial charge is 0.388 e. The number of likely N-dealkylation sites (tertiary alicyclic amines) is 1. The van der Waals surface area contributed by atoms with Gasteiger partial charge in [-0.15, -0.1) is 0 Å². The molecule has 0 radical (unpaired) electrons. The maximum atomic E-state index is 10.5. The standard InChI is InChI=1S/C23H31N3O2/c1-23(2)12-19-18(20(27)13-23)14-24-22(25-19)17-8-10-26(11-9-17)15-21(28)16-6-4-3-5-7-16/h3-7,14,17,20-21,27-28H,8-13,15H2,1-2H3/t20-,21-/m1/s1. The van der Waals surface area contributed by atoms with Crippen LogP contribution in [0.2, 0.25) is 0 Å². The van der Waals surface area contributed by atoms with Crippen molar-refractivity contribution in [3.63, 3.8) is 0 Å². The minimum absolute atomic E-state index is 0.0784. The topological polar surface area (TPSA) is 69.5 Å². The molecule has 1 fully saturated rings. The molecule has 150 valence electrons. The van der Waals surface area contributed by atoms with E-state index in [9.17, 15) is 10.2 Å². The summed E-state index contributed by atoms with van der Waals surface area (Å²) in [4.78, 5) is 11.8. The van der Waals surface area contributed by atoms with E-state index in [1.807, 2.05) is 36.5 Å². The molecule has 1 aromatic heterocycles. The first-order valence-corrected chi connectivity index (χ1v) is 10.4. The zero-order valence-corrected chi connectivity index (χ0v) is 16.9. The average Bonchev–Trinajstić information content (AvgIpc) is 2.68. The lowest BCUT2D eigenvalue weighted by Gasteiger charge is -2.35. The summed E-state index contributed by atoms with van der Waals surface area (Å²) >= 11 is 0. The third kappa shape index (κ3) is 4.27. The fourth-order valence-corrected chi connectivity index (χ4v) is 4.62. The molecule has 0 saturated carbocycles.